The normalized spacial score (nSPS) is 9.31. The number of benzene rings is 4. The van der Waals surface area contributed by atoms with E-state index in [4.69, 9.17) is 44.9 Å². The van der Waals surface area contributed by atoms with E-state index in [1.54, 1.807) is 36.4 Å². The maximum Gasteiger partial charge on any atom is 0.0916 e. The molecule has 0 aliphatic rings. The number of fused-ring (bicyclic) bond motifs is 2. The van der Waals surface area contributed by atoms with Crippen molar-refractivity contribution in [2.24, 2.45) is 0 Å². The zero-order valence-corrected chi connectivity index (χ0v) is 18.8. The number of nitrogens with zero attached hydrogens (tertiary/aromatic N) is 2. The lowest BCUT2D eigenvalue weighted by molar-refractivity contribution is -0.176. The number of hydrogen-bond donors (Lipinski definition) is 8. The Morgan fingerprint density at radius 1 is 0.400 bits per heavy atom. The molecule has 0 unspecified atom stereocenters. The SMILES string of the molecule is Nc1cc2nc3ccccc3nc2cc1N.Nc1ccccc1N.Nc1ccccc1N.O.OO. The minimum atomic E-state index is 0. The Balaban J connectivity index is 0.000000275. The maximum absolute atomic E-state index is 6.00. The van der Waals surface area contributed by atoms with Crippen LogP contribution in [0.4, 0.5) is 34.1 Å². The van der Waals surface area contributed by atoms with Crippen LogP contribution in [0.2, 0.25) is 0 Å². The van der Waals surface area contributed by atoms with Crippen LogP contribution in [-0.2, 0) is 0 Å². The Hall–Kier alpha value is -4.84. The molecule has 5 aromatic rings. The van der Waals surface area contributed by atoms with Gasteiger partial charge in [0.1, 0.15) is 0 Å². The molecule has 0 spiro atoms. The van der Waals surface area contributed by atoms with Gasteiger partial charge in [0, 0.05) is 0 Å². The smallest absolute Gasteiger partial charge is 0.0916 e. The fraction of sp³-hybridized carbons (Fsp3) is 0. The quantitative estimate of drug-likeness (QED) is 0.0698. The first-order chi connectivity index (χ1) is 16.3. The van der Waals surface area contributed by atoms with Gasteiger partial charge in [0.15, 0.2) is 0 Å². The van der Waals surface area contributed by atoms with Crippen molar-refractivity contribution in [1.29, 1.82) is 0 Å². The molecule has 0 fully saturated rings. The molecular formula is C24H30N8O3. The van der Waals surface area contributed by atoms with Crippen LogP contribution < -0.4 is 34.4 Å². The van der Waals surface area contributed by atoms with E-state index in [9.17, 15) is 0 Å². The second-order valence-electron chi connectivity index (χ2n) is 6.94. The first-order valence-corrected chi connectivity index (χ1v) is 9.96. The summed E-state index contributed by atoms with van der Waals surface area (Å²) in [5.74, 6) is 0. The minimum absolute atomic E-state index is 0. The van der Waals surface area contributed by atoms with Crippen LogP contribution >= 0.6 is 0 Å². The van der Waals surface area contributed by atoms with Crippen molar-refractivity contribution in [2.45, 2.75) is 0 Å². The van der Waals surface area contributed by atoms with Gasteiger partial charge in [0.05, 0.1) is 56.2 Å². The van der Waals surface area contributed by atoms with Gasteiger partial charge in [0.25, 0.3) is 0 Å². The molecule has 4 aromatic carbocycles. The third kappa shape index (κ3) is 7.91. The summed E-state index contributed by atoms with van der Waals surface area (Å²) in [6.45, 7) is 0. The van der Waals surface area contributed by atoms with Gasteiger partial charge in [-0.1, -0.05) is 36.4 Å². The molecule has 0 aliphatic carbocycles. The molecule has 11 nitrogen and oxygen atoms in total. The number of para-hydroxylation sites is 6. The third-order valence-electron chi connectivity index (χ3n) is 4.54. The predicted octanol–water partition coefficient (Wildman–Crippen LogP) is 2.84. The van der Waals surface area contributed by atoms with Crippen LogP contribution in [0.3, 0.4) is 0 Å². The van der Waals surface area contributed by atoms with Crippen LogP contribution in [0.15, 0.2) is 84.9 Å². The molecular weight excluding hydrogens is 448 g/mol. The van der Waals surface area contributed by atoms with Crippen molar-refractivity contribution in [3.8, 4) is 0 Å². The summed E-state index contributed by atoms with van der Waals surface area (Å²) in [5.41, 5.74) is 40.0. The summed E-state index contributed by atoms with van der Waals surface area (Å²) < 4.78 is 0. The lowest BCUT2D eigenvalue weighted by Crippen LogP contribution is -1.96. The van der Waals surface area contributed by atoms with E-state index < -0.39 is 0 Å². The van der Waals surface area contributed by atoms with Crippen LogP contribution in [0.1, 0.15) is 0 Å². The molecule has 11 heteroatoms. The average Bonchev–Trinajstić information content (AvgIpc) is 2.85. The summed E-state index contributed by atoms with van der Waals surface area (Å²) in [6, 6.07) is 25.7. The Morgan fingerprint density at radius 3 is 0.914 bits per heavy atom. The Morgan fingerprint density at radius 2 is 0.657 bits per heavy atom. The number of aromatic nitrogens is 2. The largest absolute Gasteiger partial charge is 0.412 e. The summed E-state index contributed by atoms with van der Waals surface area (Å²) in [6.07, 6.45) is 0. The summed E-state index contributed by atoms with van der Waals surface area (Å²) in [5, 5.41) is 12.0. The molecule has 1 aromatic heterocycles. The van der Waals surface area contributed by atoms with Gasteiger partial charge in [-0.15, -0.1) is 0 Å². The summed E-state index contributed by atoms with van der Waals surface area (Å²) in [4.78, 5) is 8.96. The second kappa shape index (κ2) is 13.6. The summed E-state index contributed by atoms with van der Waals surface area (Å²) >= 11 is 0. The highest BCUT2D eigenvalue weighted by Gasteiger charge is 2.03. The van der Waals surface area contributed by atoms with Gasteiger partial charge in [-0.25, -0.2) is 9.97 Å². The highest BCUT2D eigenvalue weighted by Crippen LogP contribution is 2.23. The lowest BCUT2D eigenvalue weighted by Gasteiger charge is -2.04. The van der Waals surface area contributed by atoms with E-state index in [1.165, 1.54) is 0 Å². The van der Waals surface area contributed by atoms with Gasteiger partial charge in [0.2, 0.25) is 0 Å². The fourth-order valence-corrected chi connectivity index (χ4v) is 2.72. The van der Waals surface area contributed by atoms with Crippen LogP contribution in [0, 0.1) is 0 Å². The van der Waals surface area contributed by atoms with Crippen LogP contribution in [-0.4, -0.2) is 26.0 Å². The number of hydrogen-bond acceptors (Lipinski definition) is 10. The Labute approximate surface area is 201 Å². The molecule has 0 saturated carbocycles. The first-order valence-electron chi connectivity index (χ1n) is 9.96. The van der Waals surface area contributed by atoms with Crippen molar-refractivity contribution in [3.63, 3.8) is 0 Å². The monoisotopic (exact) mass is 478 g/mol. The van der Waals surface area contributed by atoms with E-state index in [0.29, 0.717) is 34.1 Å². The molecule has 35 heavy (non-hydrogen) atoms. The Kier molecular flexibility index (Phi) is 11.0. The number of rotatable bonds is 0. The zero-order valence-electron chi connectivity index (χ0n) is 18.8. The van der Waals surface area contributed by atoms with E-state index in [1.807, 2.05) is 48.5 Å². The van der Waals surface area contributed by atoms with Gasteiger partial charge < -0.3 is 39.9 Å². The van der Waals surface area contributed by atoms with E-state index in [0.717, 1.165) is 22.1 Å². The predicted molar refractivity (Wildman–Crippen MR) is 145 cm³/mol. The highest BCUT2D eigenvalue weighted by atomic mass is 17.0. The first kappa shape index (κ1) is 28.2. The third-order valence-corrected chi connectivity index (χ3v) is 4.54. The average molecular weight is 479 g/mol. The molecule has 0 atom stereocenters. The van der Waals surface area contributed by atoms with Gasteiger partial charge in [-0.3, -0.25) is 10.5 Å². The molecule has 16 N–H and O–H groups in total. The molecule has 0 saturated heterocycles. The van der Waals surface area contributed by atoms with Crippen LogP contribution in [0.25, 0.3) is 22.1 Å². The molecule has 184 valence electrons. The lowest BCUT2D eigenvalue weighted by atomic mass is 10.2. The van der Waals surface area contributed by atoms with Gasteiger partial charge in [-0.05, 0) is 48.5 Å². The molecule has 0 bridgehead atoms. The molecule has 0 aliphatic heterocycles. The van der Waals surface area contributed by atoms with Crippen molar-refractivity contribution >= 4 is 56.2 Å². The maximum atomic E-state index is 6.00. The minimum Gasteiger partial charge on any atom is -0.412 e. The van der Waals surface area contributed by atoms with Crippen molar-refractivity contribution in [1.82, 2.24) is 9.97 Å². The van der Waals surface area contributed by atoms with Crippen LogP contribution in [0.5, 0.6) is 0 Å². The van der Waals surface area contributed by atoms with E-state index in [-0.39, 0.29) is 5.48 Å². The fourth-order valence-electron chi connectivity index (χ4n) is 2.72. The zero-order chi connectivity index (χ0) is 25.1. The second-order valence-corrected chi connectivity index (χ2v) is 6.94. The van der Waals surface area contributed by atoms with Crippen molar-refractivity contribution in [2.75, 3.05) is 34.4 Å². The topological polar surface area (TPSA) is 254 Å². The molecule has 0 amide bonds. The number of nitrogens with two attached hydrogens (primary N) is 6. The number of anilines is 6. The van der Waals surface area contributed by atoms with Crippen molar-refractivity contribution in [3.05, 3.63) is 84.9 Å². The number of nitrogen functional groups attached to an aromatic ring is 6. The summed E-state index contributed by atoms with van der Waals surface area (Å²) in [7, 11) is 0. The van der Waals surface area contributed by atoms with E-state index >= 15 is 0 Å². The Bertz CT molecular complexity index is 1220. The molecule has 0 radical (unpaired) electrons. The molecule has 1 heterocycles. The molecule has 5 rings (SSSR count). The van der Waals surface area contributed by atoms with Gasteiger partial charge >= 0.3 is 0 Å². The van der Waals surface area contributed by atoms with Gasteiger partial charge in [-0.2, -0.15) is 0 Å². The van der Waals surface area contributed by atoms with Crippen molar-refractivity contribution < 1.29 is 16.0 Å². The van der Waals surface area contributed by atoms with E-state index in [2.05, 4.69) is 9.97 Å². The highest BCUT2D eigenvalue weighted by molar-refractivity contribution is 5.91. The standard InChI is InChI=1S/C12H10N4.2C6H8N2.H2O2.H2O/c13-7-5-11-12(6-8(7)14)16-10-4-2-1-3-9(10)15-11;2*7-5-3-1-2-4-6(5)8;1-2;/h1-6H,13-14H2;2*1-4H,7-8H2;1-2H;1H2.